The van der Waals surface area contributed by atoms with Gasteiger partial charge in [0.25, 0.3) is 0 Å². The highest BCUT2D eigenvalue weighted by atomic mass is 16.5. The zero-order chi connectivity index (χ0) is 27.7. The van der Waals surface area contributed by atoms with E-state index in [0.29, 0.717) is 24.4 Å². The molecule has 0 fully saturated rings. The topological polar surface area (TPSA) is 139 Å². The second-order valence-corrected chi connectivity index (χ2v) is 7.11. The van der Waals surface area contributed by atoms with Gasteiger partial charge in [0.15, 0.2) is 0 Å². The third kappa shape index (κ3) is 36.2. The van der Waals surface area contributed by atoms with E-state index in [-0.39, 0.29) is 23.1 Å². The Labute approximate surface area is 204 Å². The molecule has 0 unspecified atom stereocenters. The lowest BCUT2D eigenvalue weighted by atomic mass is 10.3. The van der Waals surface area contributed by atoms with Gasteiger partial charge in [0.1, 0.15) is 6.61 Å². The van der Waals surface area contributed by atoms with Crippen LogP contribution in [0.25, 0.3) is 0 Å². The molecule has 0 aromatic rings. The number of carboxylic acids is 2. The maximum Gasteiger partial charge on any atom is 0.333 e. The van der Waals surface area contributed by atoms with Gasteiger partial charge >= 0.3 is 23.9 Å². The zero-order valence-electron chi connectivity index (χ0n) is 21.6. The van der Waals surface area contributed by atoms with Gasteiger partial charge in [-0.2, -0.15) is 0 Å². The fourth-order valence-corrected chi connectivity index (χ4v) is 1.08. The summed E-state index contributed by atoms with van der Waals surface area (Å²) in [5, 5.41) is 19.0. The standard InChI is InChI=1S/C10H19NO2.C7H12O2.2C4H6O2/c1-4-5-6-11-7-8-13-10(12)9(2)3;1-4-5-9-7(8)6(2)3;2*1-3(2)4(5)6/h11H,2,4-8H2,1,3H3;2,4-5H2,1,3H3;2*1H2,2H3,(H,5,6). The second kappa shape index (κ2) is 26.1. The van der Waals surface area contributed by atoms with E-state index in [1.807, 2.05) is 6.92 Å². The van der Waals surface area contributed by atoms with E-state index in [1.54, 1.807) is 13.8 Å². The van der Waals surface area contributed by atoms with E-state index < -0.39 is 11.9 Å². The Kier molecular flexibility index (Phi) is 29.2. The molecule has 9 heteroatoms. The molecule has 0 aliphatic heterocycles. The Morgan fingerprint density at radius 2 is 1.00 bits per heavy atom. The van der Waals surface area contributed by atoms with Crippen molar-refractivity contribution in [1.29, 1.82) is 0 Å². The van der Waals surface area contributed by atoms with Crippen LogP contribution in [0, 0.1) is 0 Å². The van der Waals surface area contributed by atoms with Crippen LogP contribution in [0.2, 0.25) is 0 Å². The Bertz CT molecular complexity index is 632. The number of ether oxygens (including phenoxy) is 2. The number of carboxylic acid groups (broad SMARTS) is 2. The number of carbonyl (C=O) groups excluding carboxylic acids is 2. The molecule has 0 amide bonds. The Balaban J connectivity index is -0.000000187. The first-order valence-corrected chi connectivity index (χ1v) is 10.8. The number of unbranched alkanes of at least 4 members (excludes halogenated alkanes) is 1. The summed E-state index contributed by atoms with van der Waals surface area (Å²) in [4.78, 5) is 40.7. The van der Waals surface area contributed by atoms with Gasteiger partial charge in [-0.05, 0) is 47.1 Å². The first kappa shape index (κ1) is 38.1. The third-order valence-electron chi connectivity index (χ3n) is 3.08. The smallest absolute Gasteiger partial charge is 0.333 e. The molecule has 196 valence electrons. The van der Waals surface area contributed by atoms with Crippen LogP contribution in [0.5, 0.6) is 0 Å². The largest absolute Gasteiger partial charge is 0.478 e. The van der Waals surface area contributed by atoms with E-state index >= 15 is 0 Å². The summed E-state index contributed by atoms with van der Waals surface area (Å²) in [6.07, 6.45) is 3.20. The van der Waals surface area contributed by atoms with Crippen LogP contribution in [-0.4, -0.2) is 60.4 Å². The van der Waals surface area contributed by atoms with E-state index in [0.717, 1.165) is 25.9 Å². The van der Waals surface area contributed by atoms with Gasteiger partial charge < -0.3 is 25.0 Å². The average molecular weight is 486 g/mol. The van der Waals surface area contributed by atoms with Crippen LogP contribution >= 0.6 is 0 Å². The van der Waals surface area contributed by atoms with E-state index in [4.69, 9.17) is 19.7 Å². The molecule has 34 heavy (non-hydrogen) atoms. The summed E-state index contributed by atoms with van der Waals surface area (Å²) in [7, 11) is 0. The first-order chi connectivity index (χ1) is 15.6. The number of aliphatic carboxylic acids is 2. The number of nitrogens with one attached hydrogen (secondary N) is 1. The van der Waals surface area contributed by atoms with Crippen molar-refractivity contribution in [2.24, 2.45) is 0 Å². The highest BCUT2D eigenvalue weighted by molar-refractivity contribution is 5.87. The molecule has 0 saturated carbocycles. The zero-order valence-corrected chi connectivity index (χ0v) is 21.6. The fourth-order valence-electron chi connectivity index (χ4n) is 1.08. The molecule has 3 N–H and O–H groups in total. The van der Waals surface area contributed by atoms with E-state index in [9.17, 15) is 19.2 Å². The van der Waals surface area contributed by atoms with E-state index in [2.05, 4.69) is 38.6 Å². The lowest BCUT2D eigenvalue weighted by Crippen LogP contribution is -2.22. The van der Waals surface area contributed by atoms with Crippen LogP contribution in [0.3, 0.4) is 0 Å². The molecule has 0 bridgehead atoms. The molecule has 0 atom stereocenters. The minimum absolute atomic E-state index is 0.176. The van der Waals surface area contributed by atoms with Gasteiger partial charge in [0, 0.05) is 28.8 Å². The molecule has 9 nitrogen and oxygen atoms in total. The van der Waals surface area contributed by atoms with E-state index in [1.165, 1.54) is 20.3 Å². The van der Waals surface area contributed by atoms with Gasteiger partial charge in [-0.3, -0.25) is 0 Å². The maximum atomic E-state index is 10.9. The Morgan fingerprint density at radius 1 is 0.647 bits per heavy atom. The lowest BCUT2D eigenvalue weighted by Gasteiger charge is -2.05. The molecule has 0 aliphatic rings. The highest BCUT2D eigenvalue weighted by Crippen LogP contribution is 1.92. The maximum absolute atomic E-state index is 10.9. The molecule has 0 radical (unpaired) electrons. The predicted molar refractivity (Wildman–Crippen MR) is 135 cm³/mol. The minimum atomic E-state index is -0.935. The average Bonchev–Trinajstić information content (AvgIpc) is 2.75. The van der Waals surface area contributed by atoms with Crippen LogP contribution in [0.1, 0.15) is 60.8 Å². The van der Waals surface area contributed by atoms with Crippen molar-refractivity contribution in [3.8, 4) is 0 Å². The summed E-state index contributed by atoms with van der Waals surface area (Å²) < 4.78 is 9.60. The third-order valence-corrected chi connectivity index (χ3v) is 3.08. The minimum Gasteiger partial charge on any atom is -0.478 e. The number of esters is 2. The summed E-state index contributed by atoms with van der Waals surface area (Å²) in [6, 6.07) is 0. The molecule has 0 spiro atoms. The van der Waals surface area contributed by atoms with Crippen LogP contribution in [0.4, 0.5) is 0 Å². The second-order valence-electron chi connectivity index (χ2n) is 7.11. The van der Waals surface area contributed by atoms with Crippen LogP contribution in [-0.2, 0) is 28.7 Å². The molecule has 0 aromatic heterocycles. The van der Waals surface area contributed by atoms with Gasteiger partial charge in [-0.15, -0.1) is 0 Å². The highest BCUT2D eigenvalue weighted by Gasteiger charge is 2.01. The predicted octanol–water partition coefficient (Wildman–Crippen LogP) is 4.31. The number of hydrogen-bond acceptors (Lipinski definition) is 7. The first-order valence-electron chi connectivity index (χ1n) is 10.8. The molecule has 0 aliphatic carbocycles. The number of carbonyl (C=O) groups is 4. The molecule has 0 rings (SSSR count). The van der Waals surface area contributed by atoms with Crippen molar-refractivity contribution < 1.29 is 38.9 Å². The normalized spacial score (nSPS) is 8.65. The summed E-state index contributed by atoms with van der Waals surface area (Å²) in [5.41, 5.74) is 1.27. The molecule has 0 saturated heterocycles. The van der Waals surface area contributed by atoms with Gasteiger partial charge in [-0.1, -0.05) is 46.6 Å². The summed E-state index contributed by atoms with van der Waals surface area (Å²) in [5.74, 6) is -2.47. The molecular formula is C25H43NO8. The van der Waals surface area contributed by atoms with Crippen molar-refractivity contribution in [2.75, 3.05) is 26.3 Å². The summed E-state index contributed by atoms with van der Waals surface area (Å²) >= 11 is 0. The number of hydrogen-bond donors (Lipinski definition) is 3. The monoisotopic (exact) mass is 485 g/mol. The van der Waals surface area contributed by atoms with Gasteiger partial charge in [-0.25, -0.2) is 19.2 Å². The van der Waals surface area contributed by atoms with Crippen molar-refractivity contribution in [3.63, 3.8) is 0 Å². The van der Waals surface area contributed by atoms with Crippen molar-refractivity contribution in [2.45, 2.75) is 60.8 Å². The molecule has 0 aromatic carbocycles. The number of rotatable bonds is 12. The van der Waals surface area contributed by atoms with Gasteiger partial charge in [0.05, 0.1) is 6.61 Å². The fraction of sp³-hybridized carbons (Fsp3) is 0.520. The quantitative estimate of drug-likeness (QED) is 0.210. The van der Waals surface area contributed by atoms with Crippen molar-refractivity contribution in [1.82, 2.24) is 5.32 Å². The van der Waals surface area contributed by atoms with Gasteiger partial charge in [0.2, 0.25) is 0 Å². The Hall–Kier alpha value is -3.20. The SMILES string of the molecule is C=C(C)C(=O)O.C=C(C)C(=O)O.C=C(C)C(=O)OCCC.C=C(C)C(=O)OCCNCCCC. The lowest BCUT2D eigenvalue weighted by molar-refractivity contribution is -0.139. The molecule has 0 heterocycles. The van der Waals surface area contributed by atoms with Crippen molar-refractivity contribution in [3.05, 3.63) is 48.6 Å². The molecular weight excluding hydrogens is 442 g/mol. The van der Waals surface area contributed by atoms with Crippen LogP contribution < -0.4 is 5.32 Å². The summed E-state index contributed by atoms with van der Waals surface area (Å²) in [6.45, 7) is 26.1. The Morgan fingerprint density at radius 3 is 1.26 bits per heavy atom. The van der Waals surface area contributed by atoms with Crippen molar-refractivity contribution >= 4 is 23.9 Å². The van der Waals surface area contributed by atoms with Crippen LogP contribution in [0.15, 0.2) is 48.6 Å².